The molecule has 0 heterocycles. The Morgan fingerprint density at radius 1 is 1.14 bits per heavy atom. The number of hydrogen-bond donors (Lipinski definition) is 2. The van der Waals surface area contributed by atoms with Gasteiger partial charge in [0.15, 0.2) is 0 Å². The molecule has 1 unspecified atom stereocenters. The van der Waals surface area contributed by atoms with Gasteiger partial charge in [-0.3, -0.25) is 4.79 Å². The first-order chi connectivity index (χ1) is 10.6. The summed E-state index contributed by atoms with van der Waals surface area (Å²) >= 11 is 0. The van der Waals surface area contributed by atoms with Crippen molar-refractivity contribution in [3.05, 3.63) is 71.3 Å². The first kappa shape index (κ1) is 16.1. The number of hydrogen-bond acceptors (Lipinski definition) is 2. The summed E-state index contributed by atoms with van der Waals surface area (Å²) in [7, 11) is 0. The van der Waals surface area contributed by atoms with Gasteiger partial charge in [-0.05, 0) is 30.2 Å². The maximum atomic E-state index is 13.5. The van der Waals surface area contributed by atoms with Crippen molar-refractivity contribution in [3.63, 3.8) is 0 Å². The van der Waals surface area contributed by atoms with Gasteiger partial charge in [0, 0.05) is 18.5 Å². The van der Waals surface area contributed by atoms with Crippen LogP contribution < -0.4 is 5.32 Å². The van der Waals surface area contributed by atoms with Gasteiger partial charge >= 0.3 is 0 Å². The lowest BCUT2D eigenvalue weighted by Gasteiger charge is -2.13. The quantitative estimate of drug-likeness (QED) is 0.862. The SMILES string of the molecule is O=C(CCc1cccc(F)c1)NCC(O)c1ccccc1F. The van der Waals surface area contributed by atoms with Gasteiger partial charge in [-0.1, -0.05) is 30.3 Å². The van der Waals surface area contributed by atoms with Crippen LogP contribution in [0.5, 0.6) is 0 Å². The lowest BCUT2D eigenvalue weighted by Crippen LogP contribution is -2.28. The molecule has 0 aliphatic rings. The molecule has 2 N–H and O–H groups in total. The standard InChI is InChI=1S/C17H17F2NO2/c18-13-5-3-4-12(10-13)8-9-17(22)20-11-16(21)14-6-1-2-7-15(14)19/h1-7,10,16,21H,8-9,11H2,(H,20,22). The van der Waals surface area contributed by atoms with Gasteiger partial charge in [0.1, 0.15) is 11.6 Å². The Hall–Kier alpha value is -2.27. The molecule has 0 aliphatic heterocycles. The number of carbonyl (C=O) groups excluding carboxylic acids is 1. The summed E-state index contributed by atoms with van der Waals surface area (Å²) in [6.07, 6.45) is -0.522. The van der Waals surface area contributed by atoms with Crippen LogP contribution in [0, 0.1) is 11.6 Å². The van der Waals surface area contributed by atoms with Crippen LogP contribution in [-0.4, -0.2) is 17.6 Å². The molecule has 0 saturated heterocycles. The maximum absolute atomic E-state index is 13.5. The Morgan fingerprint density at radius 3 is 2.64 bits per heavy atom. The van der Waals surface area contributed by atoms with E-state index in [1.165, 1.54) is 30.3 Å². The molecule has 0 radical (unpaired) electrons. The van der Waals surface area contributed by atoms with Gasteiger partial charge < -0.3 is 10.4 Å². The monoisotopic (exact) mass is 305 g/mol. The lowest BCUT2D eigenvalue weighted by molar-refractivity contribution is -0.121. The fourth-order valence-corrected chi connectivity index (χ4v) is 2.10. The zero-order chi connectivity index (χ0) is 15.9. The highest BCUT2D eigenvalue weighted by Gasteiger charge is 2.13. The number of halogens is 2. The number of nitrogens with one attached hydrogen (secondary N) is 1. The molecule has 1 atom stereocenters. The average molecular weight is 305 g/mol. The number of carbonyl (C=O) groups is 1. The Bertz CT molecular complexity index is 646. The number of benzene rings is 2. The molecule has 0 fully saturated rings. The lowest BCUT2D eigenvalue weighted by atomic mass is 10.1. The van der Waals surface area contributed by atoms with Crippen molar-refractivity contribution in [3.8, 4) is 0 Å². The van der Waals surface area contributed by atoms with E-state index in [9.17, 15) is 18.7 Å². The molecule has 0 aromatic heterocycles. The normalized spacial score (nSPS) is 12.0. The van der Waals surface area contributed by atoms with Crippen molar-refractivity contribution in [2.45, 2.75) is 18.9 Å². The minimum Gasteiger partial charge on any atom is -0.386 e. The van der Waals surface area contributed by atoms with Gasteiger partial charge in [0.25, 0.3) is 0 Å². The number of aliphatic hydroxyl groups is 1. The molecule has 3 nitrogen and oxygen atoms in total. The highest BCUT2D eigenvalue weighted by molar-refractivity contribution is 5.76. The van der Waals surface area contributed by atoms with Gasteiger partial charge in [-0.25, -0.2) is 8.78 Å². The van der Waals surface area contributed by atoms with Crippen molar-refractivity contribution in [1.29, 1.82) is 0 Å². The van der Waals surface area contributed by atoms with Crippen LogP contribution in [0.15, 0.2) is 48.5 Å². The molecule has 22 heavy (non-hydrogen) atoms. The first-order valence-corrected chi connectivity index (χ1v) is 7.00. The molecule has 0 spiro atoms. The second kappa shape index (κ2) is 7.66. The number of amides is 1. The molecular weight excluding hydrogens is 288 g/mol. The smallest absolute Gasteiger partial charge is 0.220 e. The Kier molecular flexibility index (Phi) is 5.61. The summed E-state index contributed by atoms with van der Waals surface area (Å²) in [5.41, 5.74) is 0.873. The van der Waals surface area contributed by atoms with Crippen LogP contribution in [0.4, 0.5) is 8.78 Å². The van der Waals surface area contributed by atoms with Crippen LogP contribution in [-0.2, 0) is 11.2 Å². The molecule has 0 bridgehead atoms. The van der Waals surface area contributed by atoms with Crippen LogP contribution in [0.2, 0.25) is 0 Å². The highest BCUT2D eigenvalue weighted by Crippen LogP contribution is 2.15. The van der Waals surface area contributed by atoms with Crippen molar-refractivity contribution < 1.29 is 18.7 Å². The maximum Gasteiger partial charge on any atom is 0.220 e. The van der Waals surface area contributed by atoms with E-state index in [-0.39, 0.29) is 30.3 Å². The van der Waals surface area contributed by atoms with Crippen molar-refractivity contribution in [2.24, 2.45) is 0 Å². The summed E-state index contributed by atoms with van der Waals surface area (Å²) < 4.78 is 26.5. The molecule has 2 rings (SSSR count). The van der Waals surface area contributed by atoms with Crippen LogP contribution in [0.3, 0.4) is 0 Å². The van der Waals surface area contributed by atoms with E-state index in [4.69, 9.17) is 0 Å². The Balaban J connectivity index is 1.79. The van der Waals surface area contributed by atoms with Gasteiger partial charge in [-0.2, -0.15) is 0 Å². The van der Waals surface area contributed by atoms with Crippen molar-refractivity contribution in [1.82, 2.24) is 5.32 Å². The van der Waals surface area contributed by atoms with E-state index in [1.807, 2.05) is 0 Å². The summed E-state index contributed by atoms with van der Waals surface area (Å²) in [6.45, 7) is -0.0666. The molecule has 2 aromatic carbocycles. The largest absolute Gasteiger partial charge is 0.386 e. The minimum atomic E-state index is -1.10. The van der Waals surface area contributed by atoms with Gasteiger partial charge in [0.2, 0.25) is 5.91 Å². The second-order valence-corrected chi connectivity index (χ2v) is 4.97. The van der Waals surface area contributed by atoms with E-state index in [2.05, 4.69) is 5.32 Å². The predicted octanol–water partition coefficient (Wildman–Crippen LogP) is 2.75. The second-order valence-electron chi connectivity index (χ2n) is 4.97. The molecule has 5 heteroatoms. The fraction of sp³-hybridized carbons (Fsp3) is 0.235. The molecule has 2 aromatic rings. The third-order valence-electron chi connectivity index (χ3n) is 3.29. The van der Waals surface area contributed by atoms with E-state index < -0.39 is 11.9 Å². The third-order valence-corrected chi connectivity index (χ3v) is 3.29. The van der Waals surface area contributed by atoms with Gasteiger partial charge in [-0.15, -0.1) is 0 Å². The van der Waals surface area contributed by atoms with Crippen LogP contribution in [0.1, 0.15) is 23.7 Å². The Labute approximate surface area is 127 Å². The number of aryl methyl sites for hydroxylation is 1. The fourth-order valence-electron chi connectivity index (χ4n) is 2.10. The highest BCUT2D eigenvalue weighted by atomic mass is 19.1. The van der Waals surface area contributed by atoms with Crippen LogP contribution >= 0.6 is 0 Å². The predicted molar refractivity (Wildman–Crippen MR) is 79.1 cm³/mol. The summed E-state index contributed by atoms with van der Waals surface area (Å²) in [6, 6.07) is 11.9. The molecule has 0 saturated carbocycles. The topological polar surface area (TPSA) is 49.3 Å². The van der Waals surface area contributed by atoms with E-state index >= 15 is 0 Å². The van der Waals surface area contributed by atoms with Crippen LogP contribution in [0.25, 0.3) is 0 Å². The zero-order valence-corrected chi connectivity index (χ0v) is 11.9. The summed E-state index contributed by atoms with van der Waals surface area (Å²) in [4.78, 5) is 11.7. The van der Waals surface area contributed by atoms with Crippen molar-refractivity contribution >= 4 is 5.91 Å². The van der Waals surface area contributed by atoms with Crippen molar-refractivity contribution in [2.75, 3.05) is 6.54 Å². The minimum absolute atomic E-state index is 0.0666. The molecule has 1 amide bonds. The summed E-state index contributed by atoms with van der Waals surface area (Å²) in [5.74, 6) is -1.13. The third kappa shape index (κ3) is 4.63. The average Bonchev–Trinajstić information content (AvgIpc) is 2.51. The molecule has 0 aliphatic carbocycles. The van der Waals surface area contributed by atoms with Gasteiger partial charge in [0.05, 0.1) is 6.10 Å². The van der Waals surface area contributed by atoms with E-state index in [0.29, 0.717) is 6.42 Å². The number of rotatable bonds is 6. The Morgan fingerprint density at radius 2 is 1.91 bits per heavy atom. The molecule has 116 valence electrons. The van der Waals surface area contributed by atoms with E-state index in [1.54, 1.807) is 18.2 Å². The zero-order valence-electron chi connectivity index (χ0n) is 11.9. The molecular formula is C17H17F2NO2. The summed E-state index contributed by atoms with van der Waals surface area (Å²) in [5, 5.41) is 12.4. The number of aliphatic hydroxyl groups excluding tert-OH is 1. The first-order valence-electron chi connectivity index (χ1n) is 7.00. The van der Waals surface area contributed by atoms with E-state index in [0.717, 1.165) is 5.56 Å².